The Balaban J connectivity index is 1.69. The molecule has 0 radical (unpaired) electrons. The lowest BCUT2D eigenvalue weighted by Crippen LogP contribution is -2.41. The first-order chi connectivity index (χ1) is 11.7. The minimum absolute atomic E-state index is 0.280. The fourth-order valence-electron chi connectivity index (χ4n) is 2.68. The third kappa shape index (κ3) is 3.53. The quantitative estimate of drug-likeness (QED) is 0.807. The Bertz CT molecular complexity index is 787. The summed E-state index contributed by atoms with van der Waals surface area (Å²) in [5, 5.41) is 5.55. The summed E-state index contributed by atoms with van der Waals surface area (Å²) in [6.45, 7) is 3.49. The number of urea groups is 1. The van der Waals surface area contributed by atoms with E-state index in [4.69, 9.17) is 4.74 Å². The largest absolute Gasteiger partial charge is 0.467 e. The summed E-state index contributed by atoms with van der Waals surface area (Å²) in [5.41, 5.74) is 1.24. The fourth-order valence-corrected chi connectivity index (χ4v) is 3.90. The summed E-state index contributed by atoms with van der Waals surface area (Å²) < 4.78 is 5.55. The van der Waals surface area contributed by atoms with Crippen molar-refractivity contribution in [1.29, 1.82) is 0 Å². The van der Waals surface area contributed by atoms with Gasteiger partial charge in [0.25, 0.3) is 5.91 Å². The van der Waals surface area contributed by atoms with E-state index in [1.807, 2.05) is 0 Å². The minimum Gasteiger partial charge on any atom is -0.467 e. The summed E-state index contributed by atoms with van der Waals surface area (Å²) >= 11 is 1.66. The molecule has 2 aromatic heterocycles. The Labute approximate surface area is 143 Å². The zero-order valence-electron chi connectivity index (χ0n) is 13.1. The number of ether oxygens (including phenoxy) is 1. The lowest BCUT2D eigenvalue weighted by molar-refractivity contribution is -0.122. The van der Waals surface area contributed by atoms with Gasteiger partial charge in [-0.05, 0) is 31.2 Å². The summed E-state index contributed by atoms with van der Waals surface area (Å²) in [6.07, 6.45) is 7.32. The molecule has 2 N–H and O–H groups in total. The molecule has 24 heavy (non-hydrogen) atoms. The second-order valence-electron chi connectivity index (χ2n) is 5.41. The van der Waals surface area contributed by atoms with Gasteiger partial charge < -0.3 is 10.1 Å². The van der Waals surface area contributed by atoms with Crippen molar-refractivity contribution < 1.29 is 14.3 Å². The number of hydrogen-bond acceptors (Lipinski definition) is 6. The molecule has 126 valence electrons. The highest BCUT2D eigenvalue weighted by Gasteiger charge is 2.21. The van der Waals surface area contributed by atoms with Crippen LogP contribution in [-0.4, -0.2) is 35.1 Å². The number of thiophene rings is 1. The first-order valence-corrected chi connectivity index (χ1v) is 8.57. The molecule has 0 atom stereocenters. The molecule has 8 heteroatoms. The van der Waals surface area contributed by atoms with Crippen molar-refractivity contribution in [3.8, 4) is 5.88 Å². The van der Waals surface area contributed by atoms with Gasteiger partial charge in [-0.15, -0.1) is 17.9 Å². The van der Waals surface area contributed by atoms with Crippen LogP contribution in [0.1, 0.15) is 23.3 Å². The molecule has 2 aromatic rings. The van der Waals surface area contributed by atoms with Gasteiger partial charge in [0.05, 0.1) is 5.39 Å². The number of nitrogens with one attached hydrogen (secondary N) is 2. The standard InChI is InChI=1S/C16H18N4O3S/c1-2-7-17-16(22)20-12(21)8-23-14-13-10-5-3-4-6-11(10)24-15(13)19-9-18-14/h2,9H,1,3-8H2,(H2,17,20,21,22). The lowest BCUT2D eigenvalue weighted by Gasteiger charge is -2.12. The van der Waals surface area contributed by atoms with Crippen LogP contribution in [0.2, 0.25) is 0 Å². The normalized spacial score (nSPS) is 13.2. The number of fused-ring (bicyclic) bond motifs is 3. The van der Waals surface area contributed by atoms with Crippen LogP contribution in [0, 0.1) is 0 Å². The zero-order valence-corrected chi connectivity index (χ0v) is 13.9. The molecule has 3 rings (SSSR count). The number of amides is 3. The number of imide groups is 1. The van der Waals surface area contributed by atoms with E-state index >= 15 is 0 Å². The first-order valence-electron chi connectivity index (χ1n) is 7.75. The van der Waals surface area contributed by atoms with E-state index in [0.29, 0.717) is 5.88 Å². The summed E-state index contributed by atoms with van der Waals surface area (Å²) in [4.78, 5) is 33.9. The van der Waals surface area contributed by atoms with Crippen LogP contribution in [0.4, 0.5) is 4.79 Å². The Morgan fingerprint density at radius 1 is 1.33 bits per heavy atom. The van der Waals surface area contributed by atoms with Crippen LogP contribution in [0.3, 0.4) is 0 Å². The molecule has 0 spiro atoms. The Kier molecular flexibility index (Phi) is 5.05. The van der Waals surface area contributed by atoms with Crippen LogP contribution in [0.5, 0.6) is 5.88 Å². The molecule has 1 aliphatic rings. The van der Waals surface area contributed by atoms with Crippen molar-refractivity contribution in [3.63, 3.8) is 0 Å². The van der Waals surface area contributed by atoms with Crippen LogP contribution in [-0.2, 0) is 17.6 Å². The van der Waals surface area contributed by atoms with E-state index in [1.54, 1.807) is 11.3 Å². The smallest absolute Gasteiger partial charge is 0.321 e. The van der Waals surface area contributed by atoms with Crippen molar-refractivity contribution in [1.82, 2.24) is 20.6 Å². The molecule has 3 amide bonds. The molecular weight excluding hydrogens is 328 g/mol. The van der Waals surface area contributed by atoms with Crippen molar-refractivity contribution in [2.75, 3.05) is 13.2 Å². The first kappa shape index (κ1) is 16.4. The van der Waals surface area contributed by atoms with E-state index in [9.17, 15) is 9.59 Å². The van der Waals surface area contributed by atoms with Crippen molar-refractivity contribution in [2.45, 2.75) is 25.7 Å². The van der Waals surface area contributed by atoms with Crippen LogP contribution in [0.15, 0.2) is 19.0 Å². The molecule has 7 nitrogen and oxygen atoms in total. The van der Waals surface area contributed by atoms with Crippen molar-refractivity contribution in [2.24, 2.45) is 0 Å². The summed E-state index contributed by atoms with van der Waals surface area (Å²) in [5.74, 6) is -0.131. The monoisotopic (exact) mass is 346 g/mol. The van der Waals surface area contributed by atoms with Gasteiger partial charge in [-0.2, -0.15) is 0 Å². The average molecular weight is 346 g/mol. The number of hydrogen-bond donors (Lipinski definition) is 2. The number of carbonyl (C=O) groups is 2. The number of aryl methyl sites for hydroxylation is 2. The molecule has 0 unspecified atom stereocenters. The maximum atomic E-state index is 11.8. The molecule has 0 aliphatic heterocycles. The van der Waals surface area contributed by atoms with Crippen LogP contribution in [0.25, 0.3) is 10.2 Å². The Hall–Kier alpha value is -2.48. The number of aromatic nitrogens is 2. The molecule has 1 aliphatic carbocycles. The van der Waals surface area contributed by atoms with E-state index in [1.165, 1.54) is 29.3 Å². The predicted octanol–water partition coefficient (Wildman–Crippen LogP) is 1.96. The maximum absolute atomic E-state index is 11.8. The minimum atomic E-state index is -0.579. The van der Waals surface area contributed by atoms with Gasteiger partial charge >= 0.3 is 6.03 Å². The highest BCUT2D eigenvalue weighted by atomic mass is 32.1. The predicted molar refractivity (Wildman–Crippen MR) is 91.3 cm³/mol. The molecule has 0 aromatic carbocycles. The molecule has 0 bridgehead atoms. The molecule has 0 saturated carbocycles. The van der Waals surface area contributed by atoms with E-state index in [-0.39, 0.29) is 13.2 Å². The van der Waals surface area contributed by atoms with Crippen molar-refractivity contribution >= 4 is 33.5 Å². The van der Waals surface area contributed by atoms with E-state index in [2.05, 4.69) is 27.2 Å². The zero-order chi connectivity index (χ0) is 16.9. The number of rotatable bonds is 5. The number of carbonyl (C=O) groups excluding carboxylic acids is 2. The summed E-state index contributed by atoms with van der Waals surface area (Å²) in [6, 6.07) is -0.579. The molecule has 0 saturated heterocycles. The fraction of sp³-hybridized carbons (Fsp3) is 0.375. The lowest BCUT2D eigenvalue weighted by atomic mass is 9.97. The second-order valence-corrected chi connectivity index (χ2v) is 6.49. The SMILES string of the molecule is C=CCNC(=O)NC(=O)COc1ncnc2sc3c(c12)CCCC3. The van der Waals surface area contributed by atoms with Gasteiger partial charge in [-0.25, -0.2) is 14.8 Å². The molecule has 2 heterocycles. The highest BCUT2D eigenvalue weighted by molar-refractivity contribution is 7.18. The third-order valence-corrected chi connectivity index (χ3v) is 4.92. The third-order valence-electron chi connectivity index (χ3n) is 3.72. The van der Waals surface area contributed by atoms with Gasteiger partial charge in [0.15, 0.2) is 6.61 Å². The van der Waals surface area contributed by atoms with Gasteiger partial charge in [0.2, 0.25) is 5.88 Å². The van der Waals surface area contributed by atoms with E-state index < -0.39 is 11.9 Å². The van der Waals surface area contributed by atoms with Gasteiger partial charge in [-0.1, -0.05) is 6.08 Å². The van der Waals surface area contributed by atoms with Gasteiger partial charge in [-0.3, -0.25) is 10.1 Å². The van der Waals surface area contributed by atoms with Gasteiger partial charge in [0, 0.05) is 11.4 Å². The van der Waals surface area contributed by atoms with Crippen LogP contribution >= 0.6 is 11.3 Å². The Morgan fingerprint density at radius 3 is 3.00 bits per heavy atom. The summed E-state index contributed by atoms with van der Waals surface area (Å²) in [7, 11) is 0. The highest BCUT2D eigenvalue weighted by Crippen LogP contribution is 2.38. The molecular formula is C16H18N4O3S. The van der Waals surface area contributed by atoms with Crippen molar-refractivity contribution in [3.05, 3.63) is 29.4 Å². The second kappa shape index (κ2) is 7.39. The topological polar surface area (TPSA) is 93.2 Å². The van der Waals surface area contributed by atoms with E-state index in [0.717, 1.165) is 29.5 Å². The average Bonchev–Trinajstić information content (AvgIpc) is 2.97. The van der Waals surface area contributed by atoms with Gasteiger partial charge in [0.1, 0.15) is 11.2 Å². The molecule has 0 fully saturated rings. The maximum Gasteiger partial charge on any atom is 0.321 e. The number of nitrogens with zero attached hydrogens (tertiary/aromatic N) is 2. The van der Waals surface area contributed by atoms with Crippen LogP contribution < -0.4 is 15.4 Å². The Morgan fingerprint density at radius 2 is 2.17 bits per heavy atom.